The first-order chi connectivity index (χ1) is 8.52. The SMILES string of the molecule is CC(C)CNCC1(Cc2cccc(Cl)c2F)CC1. The van der Waals surface area contributed by atoms with Crippen LogP contribution < -0.4 is 5.32 Å². The van der Waals surface area contributed by atoms with Gasteiger partial charge in [0.05, 0.1) is 5.02 Å². The first kappa shape index (κ1) is 13.8. The van der Waals surface area contributed by atoms with E-state index >= 15 is 0 Å². The molecular formula is C15H21ClFN. The van der Waals surface area contributed by atoms with Crippen LogP contribution in [0.2, 0.25) is 5.02 Å². The van der Waals surface area contributed by atoms with E-state index in [4.69, 9.17) is 11.6 Å². The Balaban J connectivity index is 1.94. The molecule has 3 heteroatoms. The smallest absolute Gasteiger partial charge is 0.144 e. The Morgan fingerprint density at radius 2 is 2.11 bits per heavy atom. The summed E-state index contributed by atoms with van der Waals surface area (Å²) in [5.74, 6) is 0.415. The second-order valence-electron chi connectivity index (χ2n) is 5.91. The number of nitrogens with one attached hydrogen (secondary N) is 1. The summed E-state index contributed by atoms with van der Waals surface area (Å²) >= 11 is 5.82. The fourth-order valence-corrected chi connectivity index (χ4v) is 2.50. The lowest BCUT2D eigenvalue weighted by atomic mass is 9.96. The van der Waals surface area contributed by atoms with Crippen molar-refractivity contribution < 1.29 is 4.39 Å². The van der Waals surface area contributed by atoms with Crippen LogP contribution in [-0.2, 0) is 6.42 Å². The van der Waals surface area contributed by atoms with Gasteiger partial charge in [-0.3, -0.25) is 0 Å². The van der Waals surface area contributed by atoms with Crippen LogP contribution in [0.5, 0.6) is 0 Å². The number of hydrogen-bond donors (Lipinski definition) is 1. The molecule has 1 nitrogen and oxygen atoms in total. The van der Waals surface area contributed by atoms with Crippen molar-refractivity contribution in [2.75, 3.05) is 13.1 Å². The molecule has 2 rings (SSSR count). The summed E-state index contributed by atoms with van der Waals surface area (Å²) in [6, 6.07) is 5.29. The van der Waals surface area contributed by atoms with Crippen LogP contribution >= 0.6 is 11.6 Å². The average molecular weight is 270 g/mol. The zero-order chi connectivity index (χ0) is 13.2. The molecule has 0 saturated heterocycles. The van der Waals surface area contributed by atoms with Crippen molar-refractivity contribution in [2.45, 2.75) is 33.1 Å². The van der Waals surface area contributed by atoms with Gasteiger partial charge in [0.1, 0.15) is 5.82 Å². The Kier molecular flexibility index (Phi) is 4.29. The fraction of sp³-hybridized carbons (Fsp3) is 0.600. The Morgan fingerprint density at radius 1 is 1.39 bits per heavy atom. The summed E-state index contributed by atoms with van der Waals surface area (Å²) in [6.07, 6.45) is 3.17. The second-order valence-corrected chi connectivity index (χ2v) is 6.32. The fourth-order valence-electron chi connectivity index (χ4n) is 2.31. The summed E-state index contributed by atoms with van der Waals surface area (Å²) in [6.45, 7) is 6.41. The van der Waals surface area contributed by atoms with Crippen molar-refractivity contribution in [1.82, 2.24) is 5.32 Å². The first-order valence-corrected chi connectivity index (χ1v) is 7.04. The van der Waals surface area contributed by atoms with Crippen LogP contribution in [0.3, 0.4) is 0 Å². The maximum atomic E-state index is 13.9. The van der Waals surface area contributed by atoms with E-state index in [0.717, 1.165) is 25.1 Å². The highest BCUT2D eigenvalue weighted by Crippen LogP contribution is 2.48. The molecule has 1 aliphatic carbocycles. The molecule has 1 saturated carbocycles. The monoisotopic (exact) mass is 269 g/mol. The predicted octanol–water partition coefficient (Wildman–Crippen LogP) is 4.05. The van der Waals surface area contributed by atoms with Crippen LogP contribution in [0.15, 0.2) is 18.2 Å². The Labute approximate surface area is 114 Å². The molecule has 0 radical (unpaired) electrons. The van der Waals surface area contributed by atoms with Gasteiger partial charge in [-0.25, -0.2) is 4.39 Å². The van der Waals surface area contributed by atoms with E-state index in [0.29, 0.717) is 5.92 Å². The number of hydrogen-bond acceptors (Lipinski definition) is 1. The Hall–Kier alpha value is -0.600. The lowest BCUT2D eigenvalue weighted by Crippen LogP contribution is -2.28. The molecule has 1 N–H and O–H groups in total. The standard InChI is InChI=1S/C15H21ClFN/c1-11(2)9-18-10-15(6-7-15)8-12-4-3-5-13(16)14(12)17/h3-5,11,18H,6-10H2,1-2H3. The maximum absolute atomic E-state index is 13.9. The molecule has 0 aromatic heterocycles. The molecule has 1 aliphatic rings. The van der Waals surface area contributed by atoms with E-state index in [-0.39, 0.29) is 16.3 Å². The average Bonchev–Trinajstić information content (AvgIpc) is 3.05. The molecule has 1 fully saturated rings. The van der Waals surface area contributed by atoms with Gasteiger partial charge in [-0.2, -0.15) is 0 Å². The van der Waals surface area contributed by atoms with Crippen molar-refractivity contribution in [2.24, 2.45) is 11.3 Å². The quantitative estimate of drug-likeness (QED) is 0.822. The number of rotatable bonds is 6. The van der Waals surface area contributed by atoms with Gasteiger partial charge in [0.15, 0.2) is 0 Å². The van der Waals surface area contributed by atoms with Crippen molar-refractivity contribution in [3.63, 3.8) is 0 Å². The molecule has 0 spiro atoms. The molecule has 0 unspecified atom stereocenters. The van der Waals surface area contributed by atoms with Crippen molar-refractivity contribution in [1.29, 1.82) is 0 Å². The first-order valence-electron chi connectivity index (χ1n) is 6.66. The maximum Gasteiger partial charge on any atom is 0.144 e. The van der Waals surface area contributed by atoms with E-state index in [1.54, 1.807) is 6.07 Å². The van der Waals surface area contributed by atoms with Gasteiger partial charge in [-0.1, -0.05) is 37.6 Å². The summed E-state index contributed by atoms with van der Waals surface area (Å²) in [5.41, 5.74) is 1.02. The van der Waals surface area contributed by atoms with Gasteiger partial charge in [-0.15, -0.1) is 0 Å². The zero-order valence-corrected chi connectivity index (χ0v) is 11.9. The molecular weight excluding hydrogens is 249 g/mol. The van der Waals surface area contributed by atoms with Gasteiger partial charge >= 0.3 is 0 Å². The van der Waals surface area contributed by atoms with E-state index in [2.05, 4.69) is 19.2 Å². The van der Waals surface area contributed by atoms with E-state index in [1.807, 2.05) is 12.1 Å². The summed E-state index contributed by atoms with van der Waals surface area (Å²) in [5, 5.41) is 3.72. The van der Waals surface area contributed by atoms with Gasteiger partial charge in [-0.05, 0) is 48.8 Å². The zero-order valence-electron chi connectivity index (χ0n) is 11.1. The summed E-state index contributed by atoms with van der Waals surface area (Å²) < 4.78 is 13.9. The molecule has 0 aliphatic heterocycles. The largest absolute Gasteiger partial charge is 0.316 e. The minimum Gasteiger partial charge on any atom is -0.316 e. The van der Waals surface area contributed by atoms with E-state index in [9.17, 15) is 4.39 Å². The normalized spacial score (nSPS) is 17.2. The molecule has 0 bridgehead atoms. The molecule has 0 atom stereocenters. The Morgan fingerprint density at radius 3 is 2.72 bits per heavy atom. The lowest BCUT2D eigenvalue weighted by molar-refractivity contribution is 0.425. The molecule has 0 amide bonds. The second kappa shape index (κ2) is 5.58. The number of halogens is 2. The van der Waals surface area contributed by atoms with Crippen LogP contribution in [0.25, 0.3) is 0 Å². The van der Waals surface area contributed by atoms with Crippen LogP contribution in [-0.4, -0.2) is 13.1 Å². The van der Waals surface area contributed by atoms with Crippen LogP contribution in [0.1, 0.15) is 32.3 Å². The third-order valence-electron chi connectivity index (χ3n) is 3.61. The van der Waals surface area contributed by atoms with Crippen molar-refractivity contribution in [3.8, 4) is 0 Å². The molecule has 0 heterocycles. The molecule has 1 aromatic rings. The minimum absolute atomic E-state index is 0.235. The van der Waals surface area contributed by atoms with Gasteiger partial charge in [0, 0.05) is 6.54 Å². The highest BCUT2D eigenvalue weighted by Gasteiger charge is 2.42. The Bertz CT molecular complexity index is 413. The van der Waals surface area contributed by atoms with Gasteiger partial charge < -0.3 is 5.32 Å². The highest BCUT2D eigenvalue weighted by atomic mass is 35.5. The molecule has 18 heavy (non-hydrogen) atoms. The van der Waals surface area contributed by atoms with Gasteiger partial charge in [0.2, 0.25) is 0 Å². The topological polar surface area (TPSA) is 12.0 Å². The van der Waals surface area contributed by atoms with Crippen molar-refractivity contribution >= 4 is 11.6 Å². The number of benzene rings is 1. The van der Waals surface area contributed by atoms with E-state index in [1.165, 1.54) is 12.8 Å². The predicted molar refractivity (Wildman–Crippen MR) is 74.5 cm³/mol. The van der Waals surface area contributed by atoms with Crippen LogP contribution in [0.4, 0.5) is 4.39 Å². The minimum atomic E-state index is -0.241. The van der Waals surface area contributed by atoms with Crippen molar-refractivity contribution in [3.05, 3.63) is 34.6 Å². The molecule has 1 aromatic carbocycles. The van der Waals surface area contributed by atoms with Gasteiger partial charge in [0.25, 0.3) is 0 Å². The third kappa shape index (κ3) is 3.46. The molecule has 100 valence electrons. The lowest BCUT2D eigenvalue weighted by Gasteiger charge is -2.17. The van der Waals surface area contributed by atoms with E-state index < -0.39 is 0 Å². The van der Waals surface area contributed by atoms with Crippen LogP contribution in [0, 0.1) is 17.2 Å². The highest BCUT2D eigenvalue weighted by molar-refractivity contribution is 6.30. The summed E-state index contributed by atoms with van der Waals surface area (Å²) in [7, 11) is 0. The third-order valence-corrected chi connectivity index (χ3v) is 3.90. The summed E-state index contributed by atoms with van der Waals surface area (Å²) in [4.78, 5) is 0.